The minimum absolute atomic E-state index is 0.211. The van der Waals surface area contributed by atoms with Gasteiger partial charge in [-0.1, -0.05) is 30.8 Å². The van der Waals surface area contributed by atoms with Gasteiger partial charge in [-0.15, -0.1) is 0 Å². The van der Waals surface area contributed by atoms with Crippen molar-refractivity contribution in [2.45, 2.75) is 18.4 Å². The van der Waals surface area contributed by atoms with Gasteiger partial charge < -0.3 is 15.8 Å². The number of fused-ring (bicyclic) bond motifs is 1. The number of methoxy groups -OCH3 is 1. The van der Waals surface area contributed by atoms with Gasteiger partial charge in [-0.25, -0.2) is 23.1 Å². The maximum atomic E-state index is 11.8. The number of rotatable bonds is 8. The SMILES string of the molecule is C=C1c2cccc(OC)c2N=C(N)N1/N=C(\C)CNCc1ccc(S(=O)(=O)NC)cc1. The summed E-state index contributed by atoms with van der Waals surface area (Å²) in [6.07, 6.45) is 0. The van der Waals surface area contributed by atoms with Crippen LogP contribution in [0.1, 0.15) is 18.1 Å². The largest absolute Gasteiger partial charge is 0.494 e. The van der Waals surface area contributed by atoms with E-state index < -0.39 is 10.0 Å². The maximum Gasteiger partial charge on any atom is 0.240 e. The molecule has 1 heterocycles. The van der Waals surface area contributed by atoms with E-state index in [0.29, 0.717) is 30.2 Å². The van der Waals surface area contributed by atoms with Gasteiger partial charge in [0.15, 0.2) is 0 Å². The summed E-state index contributed by atoms with van der Waals surface area (Å²) in [5.41, 5.74) is 9.89. The highest BCUT2D eigenvalue weighted by Gasteiger charge is 2.24. The Bertz CT molecular complexity index is 1140. The molecular formula is C21H26N6O3S. The molecule has 0 unspecified atom stereocenters. The van der Waals surface area contributed by atoms with E-state index in [1.165, 1.54) is 12.1 Å². The third-order valence-electron chi connectivity index (χ3n) is 4.71. The topological polar surface area (TPSA) is 121 Å². The van der Waals surface area contributed by atoms with E-state index in [4.69, 9.17) is 10.5 Å². The van der Waals surface area contributed by atoms with Crippen molar-refractivity contribution in [3.63, 3.8) is 0 Å². The van der Waals surface area contributed by atoms with Gasteiger partial charge in [0, 0.05) is 24.4 Å². The minimum atomic E-state index is -3.44. The van der Waals surface area contributed by atoms with Crippen molar-refractivity contribution in [1.82, 2.24) is 15.0 Å². The molecule has 0 spiro atoms. The number of nitrogens with one attached hydrogen (secondary N) is 2. The summed E-state index contributed by atoms with van der Waals surface area (Å²) in [5.74, 6) is 0.833. The third-order valence-corrected chi connectivity index (χ3v) is 6.14. The number of hydrogen-bond donors (Lipinski definition) is 3. The normalized spacial score (nSPS) is 14.3. The molecule has 0 aromatic heterocycles. The molecule has 0 radical (unpaired) electrons. The van der Waals surface area contributed by atoms with Crippen molar-refractivity contribution < 1.29 is 13.2 Å². The summed E-state index contributed by atoms with van der Waals surface area (Å²) in [6, 6.07) is 12.3. The van der Waals surface area contributed by atoms with Gasteiger partial charge in [-0.2, -0.15) is 5.10 Å². The fourth-order valence-electron chi connectivity index (χ4n) is 3.06. The summed E-state index contributed by atoms with van der Waals surface area (Å²) >= 11 is 0. The zero-order valence-corrected chi connectivity index (χ0v) is 18.5. The van der Waals surface area contributed by atoms with Gasteiger partial charge in [-0.05, 0) is 37.7 Å². The van der Waals surface area contributed by atoms with E-state index >= 15 is 0 Å². The van der Waals surface area contributed by atoms with Gasteiger partial charge in [-0.3, -0.25) is 0 Å². The van der Waals surface area contributed by atoms with Gasteiger partial charge >= 0.3 is 0 Å². The molecule has 0 saturated carbocycles. The van der Waals surface area contributed by atoms with Crippen LogP contribution in [0.15, 0.2) is 64.0 Å². The molecule has 2 aromatic rings. The lowest BCUT2D eigenvalue weighted by molar-refractivity contribution is 0.415. The predicted molar refractivity (Wildman–Crippen MR) is 123 cm³/mol. The summed E-state index contributed by atoms with van der Waals surface area (Å²) < 4.78 is 31.2. The van der Waals surface area contributed by atoms with Gasteiger partial charge in [0.1, 0.15) is 11.4 Å². The molecule has 31 heavy (non-hydrogen) atoms. The first-order valence-electron chi connectivity index (χ1n) is 9.54. The van der Waals surface area contributed by atoms with Crippen LogP contribution >= 0.6 is 0 Å². The van der Waals surface area contributed by atoms with Crippen LogP contribution < -0.4 is 20.5 Å². The Morgan fingerprint density at radius 1 is 1.26 bits per heavy atom. The fourth-order valence-corrected chi connectivity index (χ4v) is 3.79. The molecule has 0 amide bonds. The molecule has 0 saturated heterocycles. The first-order valence-corrected chi connectivity index (χ1v) is 11.0. The first-order chi connectivity index (χ1) is 14.8. The molecule has 1 aliphatic rings. The maximum absolute atomic E-state index is 11.8. The molecular weight excluding hydrogens is 416 g/mol. The number of benzene rings is 2. The van der Waals surface area contributed by atoms with E-state index in [9.17, 15) is 8.42 Å². The van der Waals surface area contributed by atoms with Crippen molar-refractivity contribution in [3.8, 4) is 5.75 Å². The number of ether oxygens (including phenoxy) is 1. The Morgan fingerprint density at radius 2 is 1.97 bits per heavy atom. The minimum Gasteiger partial charge on any atom is -0.494 e. The number of sulfonamides is 1. The quantitative estimate of drug-likeness (QED) is 0.538. The van der Waals surface area contributed by atoms with E-state index in [2.05, 4.69) is 26.7 Å². The van der Waals surface area contributed by atoms with Crippen LogP contribution in [0.4, 0.5) is 5.69 Å². The molecule has 2 aromatic carbocycles. The average Bonchev–Trinajstić information content (AvgIpc) is 2.76. The second-order valence-corrected chi connectivity index (χ2v) is 8.76. The predicted octanol–water partition coefficient (Wildman–Crippen LogP) is 2.00. The highest BCUT2D eigenvalue weighted by Crippen LogP contribution is 2.39. The number of para-hydroxylation sites is 1. The smallest absolute Gasteiger partial charge is 0.240 e. The molecule has 9 nitrogen and oxygen atoms in total. The molecule has 0 atom stereocenters. The average molecular weight is 443 g/mol. The van der Waals surface area contributed by atoms with E-state index in [0.717, 1.165) is 16.8 Å². The van der Waals surface area contributed by atoms with Gasteiger partial charge in [0.05, 0.1) is 17.7 Å². The van der Waals surface area contributed by atoms with Crippen LogP contribution in [-0.4, -0.2) is 45.8 Å². The van der Waals surface area contributed by atoms with Crippen molar-refractivity contribution >= 4 is 33.1 Å². The van der Waals surface area contributed by atoms with E-state index in [1.807, 2.05) is 25.1 Å². The lowest BCUT2D eigenvalue weighted by Crippen LogP contribution is -2.35. The molecule has 1 aliphatic heterocycles. The van der Waals surface area contributed by atoms with Crippen molar-refractivity contribution in [1.29, 1.82) is 0 Å². The Balaban J connectivity index is 1.64. The van der Waals surface area contributed by atoms with Crippen molar-refractivity contribution in [3.05, 3.63) is 60.2 Å². The van der Waals surface area contributed by atoms with Crippen molar-refractivity contribution in [2.75, 3.05) is 20.7 Å². The van der Waals surface area contributed by atoms with Crippen molar-refractivity contribution in [2.24, 2.45) is 15.8 Å². The standard InChI is InChI=1S/C21H26N6O3S/c1-14(12-24-13-16-8-10-17(11-9-16)31(28,29)23-3)26-27-15(2)18-6-5-7-19(30-4)20(18)25-21(27)22/h5-11,23-24H,2,12-13H2,1,3-4H3,(H2,22,25)/b26-14+. The number of aliphatic imine (C=N–C) groups is 1. The Labute approximate surface area is 182 Å². The van der Waals surface area contributed by atoms with Crippen LogP contribution in [0.5, 0.6) is 5.75 Å². The molecule has 0 fully saturated rings. The third kappa shape index (κ3) is 4.93. The van der Waals surface area contributed by atoms with Gasteiger partial charge in [0.2, 0.25) is 16.0 Å². The molecule has 0 bridgehead atoms. The number of hydrogen-bond acceptors (Lipinski definition) is 8. The molecule has 164 valence electrons. The Kier molecular flexibility index (Phi) is 6.74. The molecule has 0 aliphatic carbocycles. The summed E-state index contributed by atoms with van der Waals surface area (Å²) in [7, 11) is -0.469. The number of nitrogens with zero attached hydrogens (tertiary/aromatic N) is 3. The fraction of sp³-hybridized carbons (Fsp3) is 0.238. The molecule has 10 heteroatoms. The van der Waals surface area contributed by atoms with Crippen LogP contribution in [0.25, 0.3) is 5.70 Å². The number of nitrogens with two attached hydrogens (primary N) is 1. The lowest BCUT2D eigenvalue weighted by atomic mass is 10.1. The molecule has 3 rings (SSSR count). The second kappa shape index (κ2) is 9.29. The monoisotopic (exact) mass is 442 g/mol. The zero-order valence-electron chi connectivity index (χ0n) is 17.7. The first kappa shape index (κ1) is 22.5. The van der Waals surface area contributed by atoms with Gasteiger partial charge in [0.25, 0.3) is 0 Å². The van der Waals surface area contributed by atoms with Crippen LogP contribution in [0.3, 0.4) is 0 Å². The Morgan fingerprint density at radius 3 is 2.61 bits per heavy atom. The van der Waals surface area contributed by atoms with Crippen LogP contribution in [0.2, 0.25) is 0 Å². The summed E-state index contributed by atoms with van der Waals surface area (Å²) in [4.78, 5) is 4.65. The zero-order chi connectivity index (χ0) is 22.6. The number of guanidine groups is 1. The summed E-state index contributed by atoms with van der Waals surface area (Å²) in [5, 5.41) is 9.33. The summed E-state index contributed by atoms with van der Waals surface area (Å²) in [6.45, 7) is 7.03. The molecule has 4 N–H and O–H groups in total. The Hall–Kier alpha value is -3.21. The number of hydrazone groups is 1. The second-order valence-electron chi connectivity index (χ2n) is 6.88. The van der Waals surface area contributed by atoms with E-state index in [-0.39, 0.29) is 10.9 Å². The van der Waals surface area contributed by atoms with Crippen LogP contribution in [-0.2, 0) is 16.6 Å². The van der Waals surface area contributed by atoms with Crippen LogP contribution in [0, 0.1) is 0 Å². The highest BCUT2D eigenvalue weighted by atomic mass is 32.2. The van der Waals surface area contributed by atoms with E-state index in [1.54, 1.807) is 31.4 Å². The highest BCUT2D eigenvalue weighted by molar-refractivity contribution is 7.89. The lowest BCUT2D eigenvalue weighted by Gasteiger charge is -2.27.